The van der Waals surface area contributed by atoms with Crippen LogP contribution in [0.25, 0.3) is 0 Å². The third-order valence-electron chi connectivity index (χ3n) is 2.54. The fourth-order valence-corrected chi connectivity index (χ4v) is 1.84. The van der Waals surface area contributed by atoms with Gasteiger partial charge in [-0.05, 0) is 54.6 Å². The fourth-order valence-electron chi connectivity index (χ4n) is 1.51. The van der Waals surface area contributed by atoms with Gasteiger partial charge in [-0.2, -0.15) is 0 Å². The Labute approximate surface area is 125 Å². The molecule has 4 N–H and O–H groups in total. The lowest BCUT2D eigenvalue weighted by Gasteiger charge is -2.26. The van der Waals surface area contributed by atoms with Gasteiger partial charge in [0.15, 0.2) is 5.84 Å². The third-order valence-corrected chi connectivity index (χ3v) is 3.45. The lowest BCUT2D eigenvalue weighted by molar-refractivity contribution is 0.0733. The molecule has 1 rings (SSSR count). The van der Waals surface area contributed by atoms with Crippen molar-refractivity contribution >= 4 is 34.3 Å². The maximum absolute atomic E-state index is 12.3. The van der Waals surface area contributed by atoms with E-state index in [1.54, 1.807) is 12.1 Å². The second kappa shape index (κ2) is 6.60. The van der Waals surface area contributed by atoms with Crippen molar-refractivity contribution in [1.82, 2.24) is 4.90 Å². The standard InChI is InChI=1S/C12H16IN3O3/c1-7(2)16(6-11(14)15-19)12(18)8-3-4-9(13)10(17)5-8/h3-5,7,17,19H,6H2,1-2H3,(H2,14,15). The highest BCUT2D eigenvalue weighted by atomic mass is 127. The largest absolute Gasteiger partial charge is 0.507 e. The Morgan fingerprint density at radius 1 is 1.53 bits per heavy atom. The summed E-state index contributed by atoms with van der Waals surface area (Å²) in [6.07, 6.45) is 0. The van der Waals surface area contributed by atoms with E-state index in [1.807, 2.05) is 36.4 Å². The molecule has 0 saturated heterocycles. The zero-order valence-electron chi connectivity index (χ0n) is 10.7. The normalized spacial score (nSPS) is 11.7. The number of amidine groups is 1. The molecular weight excluding hydrogens is 361 g/mol. The Balaban J connectivity index is 3.02. The number of nitrogens with zero attached hydrogens (tertiary/aromatic N) is 2. The van der Waals surface area contributed by atoms with Gasteiger partial charge in [0.05, 0.1) is 10.1 Å². The summed E-state index contributed by atoms with van der Waals surface area (Å²) in [5, 5.41) is 21.1. The zero-order chi connectivity index (χ0) is 14.6. The van der Waals surface area contributed by atoms with Crippen LogP contribution in [-0.4, -0.2) is 39.5 Å². The highest BCUT2D eigenvalue weighted by Crippen LogP contribution is 2.21. The van der Waals surface area contributed by atoms with Crippen LogP contribution >= 0.6 is 22.6 Å². The average molecular weight is 377 g/mol. The number of carbonyl (C=O) groups is 1. The Morgan fingerprint density at radius 3 is 2.63 bits per heavy atom. The maximum Gasteiger partial charge on any atom is 0.254 e. The van der Waals surface area contributed by atoms with E-state index in [4.69, 9.17) is 10.9 Å². The summed E-state index contributed by atoms with van der Waals surface area (Å²) in [5.74, 6) is -0.274. The number of hydrogen-bond donors (Lipinski definition) is 3. The van der Waals surface area contributed by atoms with Crippen molar-refractivity contribution in [3.8, 4) is 5.75 Å². The summed E-state index contributed by atoms with van der Waals surface area (Å²) < 4.78 is 0.668. The molecule has 1 aromatic rings. The molecule has 104 valence electrons. The van der Waals surface area contributed by atoms with Crippen molar-refractivity contribution in [2.75, 3.05) is 6.54 Å². The molecule has 0 saturated carbocycles. The summed E-state index contributed by atoms with van der Waals surface area (Å²) >= 11 is 1.97. The molecule has 0 unspecified atom stereocenters. The molecule has 0 radical (unpaired) electrons. The average Bonchev–Trinajstić information content (AvgIpc) is 2.37. The molecule has 1 amide bonds. The number of carbonyl (C=O) groups excluding carboxylic acids is 1. The second-order valence-corrected chi connectivity index (χ2v) is 5.45. The van der Waals surface area contributed by atoms with Gasteiger partial charge in [0.25, 0.3) is 5.91 Å². The summed E-state index contributed by atoms with van der Waals surface area (Å²) in [6.45, 7) is 3.68. The van der Waals surface area contributed by atoms with Gasteiger partial charge < -0.3 is 20.9 Å². The van der Waals surface area contributed by atoms with Crippen molar-refractivity contribution in [2.24, 2.45) is 10.9 Å². The van der Waals surface area contributed by atoms with E-state index in [-0.39, 0.29) is 30.1 Å². The number of benzene rings is 1. The van der Waals surface area contributed by atoms with Crippen LogP contribution < -0.4 is 5.73 Å². The topological polar surface area (TPSA) is 99.1 Å². The van der Waals surface area contributed by atoms with Gasteiger partial charge in [0.2, 0.25) is 0 Å². The Morgan fingerprint density at radius 2 is 2.16 bits per heavy atom. The number of amides is 1. The lowest BCUT2D eigenvalue weighted by Crippen LogP contribution is -2.42. The van der Waals surface area contributed by atoms with Crippen molar-refractivity contribution in [2.45, 2.75) is 19.9 Å². The summed E-state index contributed by atoms with van der Waals surface area (Å²) in [5.41, 5.74) is 5.80. The molecule has 0 fully saturated rings. The quantitative estimate of drug-likeness (QED) is 0.244. The second-order valence-electron chi connectivity index (χ2n) is 4.28. The Bertz CT molecular complexity index is 503. The van der Waals surface area contributed by atoms with Crippen LogP contribution in [-0.2, 0) is 0 Å². The molecule has 0 atom stereocenters. The fraction of sp³-hybridized carbons (Fsp3) is 0.333. The van der Waals surface area contributed by atoms with Gasteiger partial charge in [-0.15, -0.1) is 0 Å². The van der Waals surface area contributed by atoms with Crippen molar-refractivity contribution in [3.63, 3.8) is 0 Å². The van der Waals surface area contributed by atoms with Crippen LogP contribution in [0.4, 0.5) is 0 Å². The first-order chi connectivity index (χ1) is 8.86. The van der Waals surface area contributed by atoms with E-state index in [9.17, 15) is 9.90 Å². The number of hydrogen-bond acceptors (Lipinski definition) is 4. The highest BCUT2D eigenvalue weighted by Gasteiger charge is 2.20. The molecule has 6 nitrogen and oxygen atoms in total. The molecule has 0 bridgehead atoms. The first kappa shape index (κ1) is 15.5. The minimum absolute atomic E-state index is 0.0275. The lowest BCUT2D eigenvalue weighted by atomic mass is 10.1. The minimum Gasteiger partial charge on any atom is -0.507 e. The first-order valence-corrected chi connectivity index (χ1v) is 6.70. The number of nitrogens with two attached hydrogens (primary N) is 1. The molecule has 1 aromatic carbocycles. The van der Waals surface area contributed by atoms with Crippen LogP contribution in [0.3, 0.4) is 0 Å². The van der Waals surface area contributed by atoms with Gasteiger partial charge in [0, 0.05) is 11.6 Å². The number of oxime groups is 1. The molecule has 0 aromatic heterocycles. The third kappa shape index (κ3) is 3.98. The van der Waals surface area contributed by atoms with E-state index in [2.05, 4.69) is 5.16 Å². The smallest absolute Gasteiger partial charge is 0.254 e. The SMILES string of the molecule is CC(C)N(C/C(N)=N/O)C(=O)c1ccc(I)c(O)c1. The van der Waals surface area contributed by atoms with Gasteiger partial charge in [0.1, 0.15) is 5.75 Å². The highest BCUT2D eigenvalue weighted by molar-refractivity contribution is 14.1. The molecule has 0 aliphatic carbocycles. The van der Waals surface area contributed by atoms with Crippen LogP contribution in [0.15, 0.2) is 23.4 Å². The van der Waals surface area contributed by atoms with Crippen molar-refractivity contribution in [1.29, 1.82) is 0 Å². The van der Waals surface area contributed by atoms with Gasteiger partial charge >= 0.3 is 0 Å². The predicted molar refractivity (Wildman–Crippen MR) is 80.4 cm³/mol. The summed E-state index contributed by atoms with van der Waals surface area (Å²) in [7, 11) is 0. The van der Waals surface area contributed by atoms with Gasteiger partial charge in [-0.25, -0.2) is 0 Å². The summed E-state index contributed by atoms with van der Waals surface area (Å²) in [4.78, 5) is 13.8. The van der Waals surface area contributed by atoms with Crippen LogP contribution in [0.1, 0.15) is 24.2 Å². The van der Waals surface area contributed by atoms with Crippen LogP contribution in [0, 0.1) is 3.57 Å². The van der Waals surface area contributed by atoms with Gasteiger partial charge in [-0.3, -0.25) is 4.79 Å². The van der Waals surface area contributed by atoms with E-state index in [1.165, 1.54) is 11.0 Å². The Hall–Kier alpha value is -1.51. The van der Waals surface area contributed by atoms with Crippen molar-refractivity contribution in [3.05, 3.63) is 27.3 Å². The molecule has 0 heterocycles. The van der Waals surface area contributed by atoms with Gasteiger partial charge in [-0.1, -0.05) is 5.16 Å². The number of aromatic hydroxyl groups is 1. The van der Waals surface area contributed by atoms with E-state index in [0.717, 1.165) is 0 Å². The van der Waals surface area contributed by atoms with Crippen LogP contribution in [0.5, 0.6) is 5.75 Å². The van der Waals surface area contributed by atoms with E-state index < -0.39 is 0 Å². The van der Waals surface area contributed by atoms with E-state index >= 15 is 0 Å². The predicted octanol–water partition coefficient (Wildman–Crippen LogP) is 1.59. The Kier molecular flexibility index (Phi) is 5.40. The zero-order valence-corrected chi connectivity index (χ0v) is 12.8. The van der Waals surface area contributed by atoms with Crippen molar-refractivity contribution < 1.29 is 15.1 Å². The minimum atomic E-state index is -0.284. The monoisotopic (exact) mass is 377 g/mol. The molecule has 7 heteroatoms. The molecule has 0 aliphatic rings. The molecule has 19 heavy (non-hydrogen) atoms. The van der Waals surface area contributed by atoms with E-state index in [0.29, 0.717) is 9.13 Å². The maximum atomic E-state index is 12.3. The molecule has 0 spiro atoms. The number of halogens is 1. The summed E-state index contributed by atoms with van der Waals surface area (Å²) in [6, 6.07) is 4.58. The number of phenols is 1. The first-order valence-electron chi connectivity index (χ1n) is 5.62. The number of phenolic OH excluding ortho intramolecular Hbond substituents is 1. The number of rotatable bonds is 4. The molecular formula is C12H16IN3O3. The molecule has 0 aliphatic heterocycles. The van der Waals surface area contributed by atoms with Crippen LogP contribution in [0.2, 0.25) is 0 Å².